The van der Waals surface area contributed by atoms with E-state index in [-0.39, 0.29) is 5.57 Å². The van der Waals surface area contributed by atoms with Gasteiger partial charge in [0.2, 0.25) is 5.91 Å². The molecule has 0 aromatic heterocycles. The normalized spacial score (nSPS) is 14.9. The van der Waals surface area contributed by atoms with Crippen LogP contribution in [0.3, 0.4) is 0 Å². The molecule has 5 nitrogen and oxygen atoms in total. The van der Waals surface area contributed by atoms with Gasteiger partial charge in [-0.2, -0.15) is 0 Å². The summed E-state index contributed by atoms with van der Waals surface area (Å²) < 4.78 is 15.0. The molecule has 12 heavy (non-hydrogen) atoms. The molecule has 0 bridgehead atoms. The van der Waals surface area contributed by atoms with E-state index in [1.54, 1.807) is 0 Å². The lowest BCUT2D eigenvalue weighted by Crippen LogP contribution is -2.24. The number of rotatable bonds is 4. The van der Waals surface area contributed by atoms with Crippen molar-refractivity contribution in [3.8, 4) is 0 Å². The van der Waals surface area contributed by atoms with Crippen molar-refractivity contribution in [2.45, 2.75) is 6.92 Å². The third-order valence-electron chi connectivity index (χ3n) is 1.11. The molecule has 0 fully saturated rings. The molecule has 1 unspecified atom stereocenters. The molecule has 2 N–H and O–H groups in total. The third-order valence-corrected chi connectivity index (χ3v) is 2.24. The fourth-order valence-electron chi connectivity index (χ4n) is 0.387. The minimum absolute atomic E-state index is 0.283. The highest BCUT2D eigenvalue weighted by atomic mass is 31.2. The number of amides is 1. The van der Waals surface area contributed by atoms with Gasteiger partial charge in [-0.05, 0) is 6.92 Å². The van der Waals surface area contributed by atoms with Crippen molar-refractivity contribution in [3.05, 3.63) is 12.2 Å². The Kier molecular flexibility index (Phi) is 4.17. The lowest BCUT2D eigenvalue weighted by atomic mass is 10.3. The second kappa shape index (κ2) is 4.40. The summed E-state index contributed by atoms with van der Waals surface area (Å²) in [4.78, 5) is 19.6. The van der Waals surface area contributed by atoms with Crippen LogP contribution in [0.15, 0.2) is 12.2 Å². The molecule has 0 rings (SSSR count). The Morgan fingerprint density at radius 3 is 2.58 bits per heavy atom. The molecular formula is C6H12NO4P. The highest BCUT2D eigenvalue weighted by molar-refractivity contribution is 7.52. The van der Waals surface area contributed by atoms with Crippen molar-refractivity contribution in [1.29, 1.82) is 0 Å². The van der Waals surface area contributed by atoms with Crippen LogP contribution in [-0.2, 0) is 13.9 Å². The van der Waals surface area contributed by atoms with Crippen LogP contribution < -0.4 is 5.32 Å². The zero-order valence-corrected chi connectivity index (χ0v) is 7.93. The second-order valence-electron chi connectivity index (χ2n) is 2.26. The first-order valence-electron chi connectivity index (χ1n) is 3.20. The first kappa shape index (κ1) is 11.4. The van der Waals surface area contributed by atoms with Gasteiger partial charge in [-0.1, -0.05) is 6.58 Å². The van der Waals surface area contributed by atoms with Crippen LogP contribution in [0.25, 0.3) is 0 Å². The molecule has 0 aliphatic heterocycles. The highest BCUT2D eigenvalue weighted by Gasteiger charge is 2.17. The Morgan fingerprint density at radius 1 is 1.75 bits per heavy atom. The van der Waals surface area contributed by atoms with Crippen LogP contribution >= 0.6 is 7.60 Å². The lowest BCUT2D eigenvalue weighted by molar-refractivity contribution is -0.117. The van der Waals surface area contributed by atoms with Gasteiger partial charge in [-0.15, -0.1) is 0 Å². The van der Waals surface area contributed by atoms with E-state index in [0.29, 0.717) is 0 Å². The van der Waals surface area contributed by atoms with E-state index in [2.05, 4.69) is 16.4 Å². The molecule has 0 radical (unpaired) electrons. The van der Waals surface area contributed by atoms with E-state index in [1.807, 2.05) is 0 Å². The molecule has 1 amide bonds. The van der Waals surface area contributed by atoms with Crippen LogP contribution in [-0.4, -0.2) is 24.2 Å². The number of hydrogen-bond acceptors (Lipinski definition) is 3. The van der Waals surface area contributed by atoms with E-state index in [4.69, 9.17) is 4.89 Å². The van der Waals surface area contributed by atoms with Gasteiger partial charge in [0.05, 0.1) is 0 Å². The standard InChI is InChI=1S/C6H12NO4P/c1-5(2)6(8)7-4-12(9,10)11-3/h1,4H2,2-3H3,(H,7,8)(H,9,10). The van der Waals surface area contributed by atoms with Crippen LogP contribution in [0, 0.1) is 0 Å². The molecule has 0 saturated heterocycles. The Labute approximate surface area is 71.0 Å². The Hall–Kier alpha value is -0.640. The minimum Gasteiger partial charge on any atom is -0.341 e. The van der Waals surface area contributed by atoms with Gasteiger partial charge in [-0.25, -0.2) is 0 Å². The van der Waals surface area contributed by atoms with Gasteiger partial charge >= 0.3 is 7.60 Å². The molecule has 0 heterocycles. The molecule has 1 atom stereocenters. The summed E-state index contributed by atoms with van der Waals surface area (Å²) in [5, 5.41) is 2.20. The molecule has 70 valence electrons. The fraction of sp³-hybridized carbons (Fsp3) is 0.500. The molecule has 0 aliphatic carbocycles. The summed E-state index contributed by atoms with van der Waals surface area (Å²) in [6.07, 6.45) is -0.394. The van der Waals surface area contributed by atoms with E-state index < -0.39 is 19.8 Å². The minimum atomic E-state index is -3.64. The van der Waals surface area contributed by atoms with E-state index in [9.17, 15) is 9.36 Å². The number of hydrogen-bond donors (Lipinski definition) is 2. The predicted octanol–water partition coefficient (Wildman–Crippen LogP) is 0.468. The Balaban J connectivity index is 3.92. The summed E-state index contributed by atoms with van der Waals surface area (Å²) in [6.45, 7) is 4.86. The van der Waals surface area contributed by atoms with Crippen molar-refractivity contribution in [2.75, 3.05) is 13.4 Å². The van der Waals surface area contributed by atoms with Gasteiger partial charge < -0.3 is 14.7 Å². The number of nitrogens with one attached hydrogen (secondary N) is 1. The van der Waals surface area contributed by atoms with E-state index in [1.165, 1.54) is 6.92 Å². The van der Waals surface area contributed by atoms with Gasteiger partial charge in [0, 0.05) is 12.7 Å². The van der Waals surface area contributed by atoms with Crippen molar-refractivity contribution < 1.29 is 18.8 Å². The maximum absolute atomic E-state index is 10.8. The second-order valence-corrected chi connectivity index (χ2v) is 4.22. The van der Waals surface area contributed by atoms with E-state index in [0.717, 1.165) is 7.11 Å². The molecule has 0 aromatic rings. The molecule has 0 saturated carbocycles. The van der Waals surface area contributed by atoms with Gasteiger partial charge in [0.15, 0.2) is 0 Å². The SMILES string of the molecule is C=C(C)C(=O)NCP(=O)(O)OC. The average molecular weight is 193 g/mol. The Morgan fingerprint density at radius 2 is 2.25 bits per heavy atom. The van der Waals surface area contributed by atoms with Crippen LogP contribution in [0.5, 0.6) is 0 Å². The highest BCUT2D eigenvalue weighted by Crippen LogP contribution is 2.38. The fourth-order valence-corrected chi connectivity index (χ4v) is 0.860. The summed E-state index contributed by atoms with van der Waals surface area (Å²) in [6, 6.07) is 0. The van der Waals surface area contributed by atoms with Gasteiger partial charge in [0.1, 0.15) is 6.29 Å². The molecule has 0 aromatic carbocycles. The summed E-state index contributed by atoms with van der Waals surface area (Å²) in [5.74, 6) is -0.457. The quantitative estimate of drug-likeness (QED) is 0.502. The Bertz CT molecular complexity index is 238. The molecule has 0 spiro atoms. The maximum Gasteiger partial charge on any atom is 0.346 e. The number of carbonyl (C=O) groups excluding carboxylic acids is 1. The summed E-state index contributed by atoms with van der Waals surface area (Å²) in [5.41, 5.74) is 0.283. The average Bonchev–Trinajstić information content (AvgIpc) is 2.00. The lowest BCUT2D eigenvalue weighted by Gasteiger charge is -2.09. The molecule has 0 aliphatic rings. The summed E-state index contributed by atoms with van der Waals surface area (Å²) >= 11 is 0. The zero-order valence-electron chi connectivity index (χ0n) is 7.03. The van der Waals surface area contributed by atoms with Crippen molar-refractivity contribution in [3.63, 3.8) is 0 Å². The van der Waals surface area contributed by atoms with Crippen LogP contribution in [0.4, 0.5) is 0 Å². The molecule has 6 heteroatoms. The van der Waals surface area contributed by atoms with E-state index >= 15 is 0 Å². The smallest absolute Gasteiger partial charge is 0.341 e. The number of carbonyl (C=O) groups is 1. The van der Waals surface area contributed by atoms with Crippen molar-refractivity contribution >= 4 is 13.5 Å². The summed E-state index contributed by atoms with van der Waals surface area (Å²) in [7, 11) is -2.54. The van der Waals surface area contributed by atoms with Crippen molar-refractivity contribution in [1.82, 2.24) is 5.32 Å². The monoisotopic (exact) mass is 193 g/mol. The van der Waals surface area contributed by atoms with Gasteiger partial charge in [0.25, 0.3) is 0 Å². The first-order chi connectivity index (χ1) is 5.39. The topological polar surface area (TPSA) is 75.6 Å². The van der Waals surface area contributed by atoms with Crippen molar-refractivity contribution in [2.24, 2.45) is 0 Å². The predicted molar refractivity (Wildman–Crippen MR) is 44.7 cm³/mol. The zero-order chi connectivity index (χ0) is 9.78. The first-order valence-corrected chi connectivity index (χ1v) is 4.96. The van der Waals surface area contributed by atoms with Crippen LogP contribution in [0.1, 0.15) is 6.92 Å². The third kappa shape index (κ3) is 4.28. The van der Waals surface area contributed by atoms with Gasteiger partial charge in [-0.3, -0.25) is 9.36 Å². The largest absolute Gasteiger partial charge is 0.346 e. The van der Waals surface area contributed by atoms with Crippen LogP contribution in [0.2, 0.25) is 0 Å². The molecular weight excluding hydrogens is 181 g/mol. The maximum atomic E-state index is 10.8.